The van der Waals surface area contributed by atoms with Crippen molar-refractivity contribution >= 4 is 17.6 Å². The summed E-state index contributed by atoms with van der Waals surface area (Å²) >= 11 is 0. The predicted octanol–water partition coefficient (Wildman–Crippen LogP) is 4.74. The van der Waals surface area contributed by atoms with E-state index in [-0.39, 0.29) is 18.0 Å². The van der Waals surface area contributed by atoms with Gasteiger partial charge in [-0.15, -0.1) is 0 Å². The Bertz CT molecular complexity index is 1210. The average Bonchev–Trinajstić information content (AvgIpc) is 2.80. The molecule has 0 spiro atoms. The molecule has 2 aliphatic rings. The second-order valence-corrected chi connectivity index (χ2v) is 8.90. The molecule has 6 nitrogen and oxygen atoms in total. The van der Waals surface area contributed by atoms with Crippen LogP contribution >= 0.6 is 0 Å². The molecule has 3 aromatic carbocycles. The highest BCUT2D eigenvalue weighted by Gasteiger charge is 2.49. The molecule has 5 rings (SSSR count). The van der Waals surface area contributed by atoms with Crippen LogP contribution in [0.2, 0.25) is 0 Å². The van der Waals surface area contributed by atoms with Crippen molar-refractivity contribution in [2.45, 2.75) is 38.5 Å². The van der Waals surface area contributed by atoms with Gasteiger partial charge in [0.05, 0.1) is 11.7 Å². The fourth-order valence-electron chi connectivity index (χ4n) is 4.68. The van der Waals surface area contributed by atoms with Crippen LogP contribution in [0, 0.1) is 6.92 Å². The van der Waals surface area contributed by atoms with Gasteiger partial charge in [-0.05, 0) is 50.1 Å². The number of nitrogens with one attached hydrogen (secondary N) is 2. The van der Waals surface area contributed by atoms with Gasteiger partial charge in [0.1, 0.15) is 5.75 Å². The molecule has 168 valence electrons. The Morgan fingerprint density at radius 3 is 2.73 bits per heavy atom. The van der Waals surface area contributed by atoms with Gasteiger partial charge >= 0.3 is 6.03 Å². The number of amides is 3. The minimum Gasteiger partial charge on any atom is -0.467 e. The zero-order chi connectivity index (χ0) is 23.0. The Morgan fingerprint density at radius 2 is 1.91 bits per heavy atom. The molecule has 0 radical (unpaired) electrons. The molecule has 0 aliphatic carbocycles. The number of fused-ring (bicyclic) bond motifs is 4. The van der Waals surface area contributed by atoms with E-state index in [1.807, 2.05) is 37.3 Å². The number of rotatable bonds is 5. The van der Waals surface area contributed by atoms with Gasteiger partial charge in [0.25, 0.3) is 5.91 Å². The lowest BCUT2D eigenvalue weighted by Crippen LogP contribution is -2.65. The lowest BCUT2D eigenvalue weighted by molar-refractivity contribution is 0.0378. The third kappa shape index (κ3) is 4.04. The van der Waals surface area contributed by atoms with E-state index in [1.54, 1.807) is 23.1 Å². The van der Waals surface area contributed by atoms with Gasteiger partial charge in [-0.1, -0.05) is 54.1 Å². The topological polar surface area (TPSA) is 70.7 Å². The van der Waals surface area contributed by atoms with Gasteiger partial charge in [0.2, 0.25) is 0 Å². The van der Waals surface area contributed by atoms with E-state index in [0.29, 0.717) is 24.2 Å². The molecule has 0 aromatic heterocycles. The minimum absolute atomic E-state index is 0.100. The van der Waals surface area contributed by atoms with Gasteiger partial charge in [-0.25, -0.2) is 4.79 Å². The number of para-hydroxylation sites is 1. The van der Waals surface area contributed by atoms with Crippen molar-refractivity contribution in [3.8, 4) is 5.75 Å². The number of hydrogen-bond donors (Lipinski definition) is 2. The number of aryl methyl sites for hydroxylation is 1. The maximum atomic E-state index is 13.1. The van der Waals surface area contributed by atoms with Gasteiger partial charge in [-0.3, -0.25) is 9.69 Å². The van der Waals surface area contributed by atoms with Crippen LogP contribution in [-0.4, -0.2) is 24.2 Å². The smallest absolute Gasteiger partial charge is 0.325 e. The number of urea groups is 1. The number of benzene rings is 3. The van der Waals surface area contributed by atoms with Crippen molar-refractivity contribution in [2.24, 2.45) is 0 Å². The molecule has 2 bridgehead atoms. The van der Waals surface area contributed by atoms with Crippen molar-refractivity contribution < 1.29 is 14.3 Å². The molecule has 1 saturated heterocycles. The summed E-state index contributed by atoms with van der Waals surface area (Å²) in [7, 11) is 0. The van der Waals surface area contributed by atoms with Crippen molar-refractivity contribution in [3.63, 3.8) is 0 Å². The highest BCUT2D eigenvalue weighted by Crippen LogP contribution is 2.45. The summed E-state index contributed by atoms with van der Waals surface area (Å²) in [5.74, 6) is 0.602. The molecular formula is C27H27N3O3. The van der Waals surface area contributed by atoms with Crippen LogP contribution in [0.3, 0.4) is 0 Å². The molecule has 3 aromatic rings. The van der Waals surface area contributed by atoms with Gasteiger partial charge < -0.3 is 15.4 Å². The van der Waals surface area contributed by atoms with E-state index in [0.717, 1.165) is 17.7 Å². The third-order valence-corrected chi connectivity index (χ3v) is 6.37. The number of nitrogens with zero attached hydrogens (tertiary/aromatic N) is 1. The van der Waals surface area contributed by atoms with Crippen LogP contribution in [0.4, 0.5) is 10.5 Å². The van der Waals surface area contributed by atoms with E-state index in [9.17, 15) is 9.59 Å². The van der Waals surface area contributed by atoms with E-state index >= 15 is 0 Å². The van der Waals surface area contributed by atoms with Crippen molar-refractivity contribution in [1.29, 1.82) is 0 Å². The normalized spacial score (nSPS) is 21.0. The fourth-order valence-corrected chi connectivity index (χ4v) is 4.68. The highest BCUT2D eigenvalue weighted by atomic mass is 16.5. The molecule has 2 N–H and O–H groups in total. The molecule has 2 heterocycles. The largest absolute Gasteiger partial charge is 0.467 e. The van der Waals surface area contributed by atoms with Crippen molar-refractivity contribution in [2.75, 3.05) is 11.4 Å². The predicted molar refractivity (Wildman–Crippen MR) is 128 cm³/mol. The Kier molecular flexibility index (Phi) is 5.29. The number of carbonyl (C=O) groups excluding carboxylic acids is 2. The Labute approximate surface area is 193 Å². The minimum atomic E-state index is -0.845. The number of hydrogen-bond acceptors (Lipinski definition) is 3. The van der Waals surface area contributed by atoms with Gasteiger partial charge in [0, 0.05) is 24.1 Å². The summed E-state index contributed by atoms with van der Waals surface area (Å²) in [4.78, 5) is 27.5. The number of ether oxygens (including phenoxy) is 1. The van der Waals surface area contributed by atoms with E-state index < -0.39 is 5.72 Å². The standard InChI is InChI=1S/C27H27N3O3/c1-18-10-12-19(13-11-18)14-15-28-25(31)20-6-5-7-21(16-20)30-26(32)29-23-17-27(30,2)33-24-9-4-3-8-22(23)24/h3-13,16,23H,14-15,17H2,1-2H3,(H,28,31)(H,29,32)/t23?,27-/m1/s1. The monoisotopic (exact) mass is 441 g/mol. The zero-order valence-corrected chi connectivity index (χ0v) is 18.8. The Morgan fingerprint density at radius 1 is 1.12 bits per heavy atom. The fraction of sp³-hybridized carbons (Fsp3) is 0.259. The van der Waals surface area contributed by atoms with Gasteiger partial charge in [-0.2, -0.15) is 0 Å². The molecule has 1 unspecified atom stereocenters. The Hall–Kier alpha value is -3.80. The van der Waals surface area contributed by atoms with E-state index in [1.165, 1.54) is 11.1 Å². The quantitative estimate of drug-likeness (QED) is 0.601. The summed E-state index contributed by atoms with van der Waals surface area (Å²) < 4.78 is 6.31. The molecule has 0 saturated carbocycles. The first-order valence-electron chi connectivity index (χ1n) is 11.3. The molecule has 6 heteroatoms. The van der Waals surface area contributed by atoms with Crippen molar-refractivity contribution in [1.82, 2.24) is 10.6 Å². The first-order chi connectivity index (χ1) is 15.9. The molecule has 3 amide bonds. The molecular weight excluding hydrogens is 414 g/mol. The van der Waals surface area contributed by atoms with Crippen LogP contribution in [-0.2, 0) is 6.42 Å². The number of carbonyl (C=O) groups is 2. The molecule has 33 heavy (non-hydrogen) atoms. The van der Waals surface area contributed by atoms with Crippen molar-refractivity contribution in [3.05, 3.63) is 95.1 Å². The lowest BCUT2D eigenvalue weighted by Gasteiger charge is -2.50. The number of anilines is 1. The summed E-state index contributed by atoms with van der Waals surface area (Å²) in [5, 5.41) is 6.07. The van der Waals surface area contributed by atoms with E-state index in [2.05, 4.69) is 41.8 Å². The SMILES string of the molecule is Cc1ccc(CCNC(=O)c2cccc(N3C(=O)NC4C[C@@]3(C)Oc3ccccc34)c2)cc1. The van der Waals surface area contributed by atoms with E-state index in [4.69, 9.17) is 4.74 Å². The lowest BCUT2D eigenvalue weighted by atomic mass is 9.90. The van der Waals surface area contributed by atoms with Crippen LogP contribution < -0.4 is 20.3 Å². The Balaban J connectivity index is 1.33. The maximum Gasteiger partial charge on any atom is 0.325 e. The molecule has 2 atom stereocenters. The zero-order valence-electron chi connectivity index (χ0n) is 18.8. The van der Waals surface area contributed by atoms with Crippen LogP contribution in [0.25, 0.3) is 0 Å². The van der Waals surface area contributed by atoms with Crippen LogP contribution in [0.1, 0.15) is 46.4 Å². The molecule has 2 aliphatic heterocycles. The summed E-state index contributed by atoms with van der Waals surface area (Å²) in [6.45, 7) is 4.51. The summed E-state index contributed by atoms with van der Waals surface area (Å²) in [5.41, 5.74) is 3.67. The second kappa shape index (κ2) is 8.28. The average molecular weight is 442 g/mol. The summed E-state index contributed by atoms with van der Waals surface area (Å²) in [6, 6.07) is 22.9. The highest BCUT2D eigenvalue weighted by molar-refractivity contribution is 5.99. The third-order valence-electron chi connectivity index (χ3n) is 6.37. The first-order valence-corrected chi connectivity index (χ1v) is 11.3. The van der Waals surface area contributed by atoms with Gasteiger partial charge in [0.15, 0.2) is 5.72 Å². The second-order valence-electron chi connectivity index (χ2n) is 8.90. The van der Waals surface area contributed by atoms with Crippen LogP contribution in [0.5, 0.6) is 5.75 Å². The molecule has 1 fully saturated rings. The first kappa shape index (κ1) is 21.1. The maximum absolute atomic E-state index is 13.1. The van der Waals surface area contributed by atoms with Crippen LogP contribution in [0.15, 0.2) is 72.8 Å². The summed E-state index contributed by atoms with van der Waals surface area (Å²) in [6.07, 6.45) is 1.37.